The fraction of sp³-hybridized carbons (Fsp3) is 0.391. The molecule has 0 aliphatic carbocycles. The van der Waals surface area contributed by atoms with Crippen molar-refractivity contribution in [2.75, 3.05) is 5.32 Å². The lowest BCUT2D eigenvalue weighted by Crippen LogP contribution is -2.45. The Hall–Kier alpha value is -3.82. The Kier molecular flexibility index (Phi) is 6.08. The summed E-state index contributed by atoms with van der Waals surface area (Å²) in [5, 5.41) is 9.44. The number of carbonyl (C=O) groups is 3. The molecule has 0 saturated carbocycles. The molecule has 1 unspecified atom stereocenters. The van der Waals surface area contributed by atoms with Gasteiger partial charge >= 0.3 is 0 Å². The topological polar surface area (TPSA) is 136 Å². The highest BCUT2D eigenvalue weighted by atomic mass is 16.5. The number of nitrogens with one attached hydrogen (secondary N) is 2. The molecule has 172 valence electrons. The van der Waals surface area contributed by atoms with E-state index < -0.39 is 17.5 Å². The number of nitrogens with zero attached hydrogens (tertiary/aromatic N) is 3. The first-order chi connectivity index (χ1) is 15.8. The molecular formula is C23H25N5O5. The van der Waals surface area contributed by atoms with E-state index in [4.69, 9.17) is 4.52 Å². The van der Waals surface area contributed by atoms with Crippen molar-refractivity contribution >= 4 is 34.3 Å². The van der Waals surface area contributed by atoms with Gasteiger partial charge in [-0.25, -0.2) is 4.98 Å². The average molecular weight is 451 g/mol. The number of rotatable bonds is 6. The Bertz CT molecular complexity index is 1300. The van der Waals surface area contributed by atoms with E-state index in [1.807, 2.05) is 13.8 Å². The minimum absolute atomic E-state index is 0.0958. The zero-order chi connectivity index (χ0) is 23.7. The van der Waals surface area contributed by atoms with Gasteiger partial charge in [-0.2, -0.15) is 0 Å². The van der Waals surface area contributed by atoms with Gasteiger partial charge in [0.15, 0.2) is 0 Å². The minimum atomic E-state index is -0.807. The van der Waals surface area contributed by atoms with Crippen LogP contribution in [0.3, 0.4) is 0 Å². The molecule has 1 atom stereocenters. The van der Waals surface area contributed by atoms with Crippen molar-refractivity contribution in [3.8, 4) is 0 Å². The Morgan fingerprint density at radius 3 is 2.73 bits per heavy atom. The van der Waals surface area contributed by atoms with Crippen molar-refractivity contribution in [2.24, 2.45) is 0 Å². The Balaban J connectivity index is 1.67. The van der Waals surface area contributed by atoms with E-state index in [2.05, 4.69) is 20.8 Å². The summed E-state index contributed by atoms with van der Waals surface area (Å²) in [6.45, 7) is 5.51. The summed E-state index contributed by atoms with van der Waals surface area (Å²) in [5.74, 6) is -0.144. The number of hydrogen-bond acceptors (Lipinski definition) is 7. The maximum absolute atomic E-state index is 13.3. The molecule has 3 aromatic rings. The fourth-order valence-electron chi connectivity index (χ4n) is 4.22. The number of carbonyl (C=O) groups excluding carboxylic acids is 3. The van der Waals surface area contributed by atoms with Crippen LogP contribution in [-0.2, 0) is 33.6 Å². The summed E-state index contributed by atoms with van der Waals surface area (Å²) < 4.78 is 6.65. The molecule has 0 bridgehead atoms. The van der Waals surface area contributed by atoms with Gasteiger partial charge in [-0.3, -0.25) is 29.1 Å². The van der Waals surface area contributed by atoms with Crippen LogP contribution in [0.1, 0.15) is 55.6 Å². The summed E-state index contributed by atoms with van der Waals surface area (Å²) in [4.78, 5) is 54.5. The molecule has 0 spiro atoms. The smallest absolute Gasteiger partial charge is 0.262 e. The summed E-state index contributed by atoms with van der Waals surface area (Å²) in [5.41, 5.74) is 1.88. The lowest BCUT2D eigenvalue weighted by atomic mass is 10.0. The van der Waals surface area contributed by atoms with E-state index in [1.165, 1.54) is 4.57 Å². The largest absolute Gasteiger partial charge is 0.361 e. The molecule has 3 amide bonds. The van der Waals surface area contributed by atoms with E-state index in [0.29, 0.717) is 35.6 Å². The van der Waals surface area contributed by atoms with Gasteiger partial charge in [0.1, 0.15) is 23.1 Å². The summed E-state index contributed by atoms with van der Waals surface area (Å²) in [6.07, 6.45) is 1.76. The first-order valence-corrected chi connectivity index (χ1v) is 11.0. The zero-order valence-electron chi connectivity index (χ0n) is 18.7. The monoisotopic (exact) mass is 451 g/mol. The number of aryl methyl sites for hydroxylation is 3. The van der Waals surface area contributed by atoms with Gasteiger partial charge in [-0.05, 0) is 31.9 Å². The number of benzene rings is 1. The van der Waals surface area contributed by atoms with Gasteiger partial charge in [0.05, 0.1) is 23.2 Å². The van der Waals surface area contributed by atoms with Crippen LogP contribution < -0.4 is 16.2 Å². The number of hydrogen-bond donors (Lipinski definition) is 2. The summed E-state index contributed by atoms with van der Waals surface area (Å²) in [6, 6.07) is 4.13. The van der Waals surface area contributed by atoms with Crippen molar-refractivity contribution < 1.29 is 18.9 Å². The predicted molar refractivity (Wildman–Crippen MR) is 120 cm³/mol. The second kappa shape index (κ2) is 8.97. The number of amides is 3. The predicted octanol–water partition coefficient (Wildman–Crippen LogP) is 1.98. The van der Waals surface area contributed by atoms with Crippen molar-refractivity contribution in [3.05, 3.63) is 51.4 Å². The van der Waals surface area contributed by atoms with Gasteiger partial charge in [-0.15, -0.1) is 0 Å². The molecule has 10 nitrogen and oxygen atoms in total. The van der Waals surface area contributed by atoms with Crippen LogP contribution in [-0.4, -0.2) is 32.4 Å². The van der Waals surface area contributed by atoms with Gasteiger partial charge in [-0.1, -0.05) is 25.1 Å². The molecule has 2 aromatic heterocycles. The van der Waals surface area contributed by atoms with Gasteiger partial charge < -0.3 is 9.84 Å². The van der Waals surface area contributed by atoms with Crippen molar-refractivity contribution in [2.45, 2.75) is 58.9 Å². The minimum Gasteiger partial charge on any atom is -0.361 e. The Labute approximate surface area is 189 Å². The highest BCUT2D eigenvalue weighted by molar-refractivity contribution is 6.01. The van der Waals surface area contributed by atoms with Crippen LogP contribution in [0.4, 0.5) is 5.69 Å². The van der Waals surface area contributed by atoms with Crippen molar-refractivity contribution in [1.82, 2.24) is 20.0 Å². The molecule has 1 aliphatic heterocycles. The first kappa shape index (κ1) is 22.4. The molecule has 1 aliphatic rings. The van der Waals surface area contributed by atoms with E-state index in [1.54, 1.807) is 25.1 Å². The van der Waals surface area contributed by atoms with Crippen LogP contribution >= 0.6 is 0 Å². The molecule has 2 N–H and O–H groups in total. The fourth-order valence-corrected chi connectivity index (χ4v) is 4.22. The summed E-state index contributed by atoms with van der Waals surface area (Å²) >= 11 is 0. The number of imide groups is 1. The van der Waals surface area contributed by atoms with Gasteiger partial charge in [0.25, 0.3) is 5.56 Å². The summed E-state index contributed by atoms with van der Waals surface area (Å²) in [7, 11) is 0. The van der Waals surface area contributed by atoms with Crippen LogP contribution in [0.2, 0.25) is 0 Å². The highest BCUT2D eigenvalue weighted by Gasteiger charge is 2.30. The normalized spacial score (nSPS) is 16.2. The highest BCUT2D eigenvalue weighted by Crippen LogP contribution is 2.24. The molecule has 3 heterocycles. The van der Waals surface area contributed by atoms with Gasteiger partial charge in [0, 0.05) is 18.4 Å². The number of fused-ring (bicyclic) bond motifs is 1. The first-order valence-electron chi connectivity index (χ1n) is 11.0. The van der Waals surface area contributed by atoms with Crippen LogP contribution in [0.5, 0.6) is 0 Å². The van der Waals surface area contributed by atoms with E-state index >= 15 is 0 Å². The van der Waals surface area contributed by atoms with Crippen molar-refractivity contribution in [3.63, 3.8) is 0 Å². The number of piperidine rings is 1. The molecule has 1 fully saturated rings. The average Bonchev–Trinajstić information content (AvgIpc) is 3.17. The van der Waals surface area contributed by atoms with Crippen LogP contribution in [0.25, 0.3) is 10.9 Å². The third kappa shape index (κ3) is 4.15. The number of para-hydroxylation sites is 1. The van der Waals surface area contributed by atoms with E-state index in [9.17, 15) is 19.2 Å². The van der Waals surface area contributed by atoms with E-state index in [0.717, 1.165) is 11.3 Å². The quantitative estimate of drug-likeness (QED) is 0.547. The van der Waals surface area contributed by atoms with Crippen LogP contribution in [0.15, 0.2) is 27.5 Å². The molecule has 33 heavy (non-hydrogen) atoms. The molecule has 0 radical (unpaired) electrons. The molecule has 4 rings (SSSR count). The standard InChI is InChI=1S/C23H25N5O5/c1-4-15-14(18(5-2)33-27-15)11-20(30)25-16-8-6-7-13-21(16)24-12(3)28(23(13)32)17-9-10-19(29)26-22(17)31/h6-8,17H,4-5,9-11H2,1-3H3,(H,25,30)(H,26,29,31). The second-order valence-corrected chi connectivity index (χ2v) is 7.97. The zero-order valence-corrected chi connectivity index (χ0v) is 18.7. The molecule has 1 aromatic carbocycles. The number of anilines is 1. The maximum Gasteiger partial charge on any atom is 0.262 e. The molecular weight excluding hydrogens is 426 g/mol. The maximum atomic E-state index is 13.3. The lowest BCUT2D eigenvalue weighted by molar-refractivity contribution is -0.135. The SMILES string of the molecule is CCc1noc(CC)c1CC(=O)Nc1cccc2c(=O)n(C3CCC(=O)NC3=O)c(C)nc12. The third-order valence-electron chi connectivity index (χ3n) is 5.85. The molecule has 1 saturated heterocycles. The Morgan fingerprint density at radius 1 is 1.24 bits per heavy atom. The van der Waals surface area contributed by atoms with Crippen LogP contribution in [0, 0.1) is 6.92 Å². The third-order valence-corrected chi connectivity index (χ3v) is 5.85. The second-order valence-electron chi connectivity index (χ2n) is 7.97. The van der Waals surface area contributed by atoms with E-state index in [-0.39, 0.29) is 36.5 Å². The lowest BCUT2D eigenvalue weighted by Gasteiger charge is -2.24. The molecule has 10 heteroatoms. The number of aromatic nitrogens is 3. The Morgan fingerprint density at radius 2 is 2.03 bits per heavy atom. The van der Waals surface area contributed by atoms with Gasteiger partial charge in [0.2, 0.25) is 17.7 Å². The van der Waals surface area contributed by atoms with Crippen molar-refractivity contribution in [1.29, 1.82) is 0 Å².